The number of hydrogen-bond donors (Lipinski definition) is 1. The molecule has 0 aliphatic carbocycles. The molecule has 2 rings (SSSR count). The van der Waals surface area contributed by atoms with Crippen LogP contribution < -0.4 is 5.73 Å². The molecule has 6 heteroatoms. The molecular formula is C10H7F3N2O. The van der Waals surface area contributed by atoms with Crippen LogP contribution in [0.2, 0.25) is 0 Å². The van der Waals surface area contributed by atoms with Gasteiger partial charge in [-0.15, -0.1) is 0 Å². The molecule has 0 unspecified atom stereocenters. The fourth-order valence-electron chi connectivity index (χ4n) is 1.30. The first-order chi connectivity index (χ1) is 7.48. The molecule has 0 aliphatic heterocycles. The molecule has 0 atom stereocenters. The number of aromatic nitrogens is 1. The first-order valence-corrected chi connectivity index (χ1v) is 4.36. The third-order valence-corrected chi connectivity index (χ3v) is 2.12. The van der Waals surface area contributed by atoms with Gasteiger partial charge in [-0.05, 0) is 17.7 Å². The Morgan fingerprint density at radius 1 is 1.12 bits per heavy atom. The van der Waals surface area contributed by atoms with Gasteiger partial charge in [-0.2, -0.15) is 13.2 Å². The van der Waals surface area contributed by atoms with Crippen molar-refractivity contribution >= 4 is 5.82 Å². The quantitative estimate of drug-likeness (QED) is 0.816. The van der Waals surface area contributed by atoms with Gasteiger partial charge in [0.15, 0.2) is 5.82 Å². The summed E-state index contributed by atoms with van der Waals surface area (Å²) in [6.07, 6.45) is -3.04. The highest BCUT2D eigenvalue weighted by atomic mass is 19.4. The van der Waals surface area contributed by atoms with E-state index in [0.717, 1.165) is 12.1 Å². The average molecular weight is 228 g/mol. The topological polar surface area (TPSA) is 52.0 Å². The van der Waals surface area contributed by atoms with Gasteiger partial charge in [0, 0.05) is 0 Å². The zero-order valence-corrected chi connectivity index (χ0v) is 7.95. The SMILES string of the molecule is Nc1nocc1-c1ccc(C(F)(F)F)cc1. The molecule has 0 radical (unpaired) electrons. The molecule has 0 saturated carbocycles. The maximum absolute atomic E-state index is 12.3. The Bertz CT molecular complexity index is 488. The Morgan fingerprint density at radius 2 is 1.75 bits per heavy atom. The number of nitrogens with zero attached hydrogens (tertiary/aromatic N) is 1. The van der Waals surface area contributed by atoms with Gasteiger partial charge in [-0.1, -0.05) is 17.3 Å². The summed E-state index contributed by atoms with van der Waals surface area (Å²) in [5, 5.41) is 3.44. The largest absolute Gasteiger partial charge is 0.416 e. The summed E-state index contributed by atoms with van der Waals surface area (Å²) in [5.74, 6) is 0.153. The highest BCUT2D eigenvalue weighted by Crippen LogP contribution is 2.31. The Morgan fingerprint density at radius 3 is 2.19 bits per heavy atom. The van der Waals surface area contributed by atoms with Crippen molar-refractivity contribution in [2.24, 2.45) is 0 Å². The average Bonchev–Trinajstić information content (AvgIpc) is 2.63. The van der Waals surface area contributed by atoms with Crippen molar-refractivity contribution in [1.82, 2.24) is 5.16 Å². The molecule has 0 bridgehead atoms. The Balaban J connectivity index is 2.37. The molecule has 2 aromatic rings. The molecular weight excluding hydrogens is 221 g/mol. The van der Waals surface area contributed by atoms with E-state index in [1.165, 1.54) is 18.4 Å². The van der Waals surface area contributed by atoms with Crippen molar-refractivity contribution in [3.05, 3.63) is 36.1 Å². The number of hydrogen-bond acceptors (Lipinski definition) is 3. The molecule has 16 heavy (non-hydrogen) atoms. The predicted molar refractivity (Wildman–Crippen MR) is 51.4 cm³/mol. The number of rotatable bonds is 1. The van der Waals surface area contributed by atoms with Gasteiger partial charge >= 0.3 is 6.18 Å². The normalized spacial score (nSPS) is 11.7. The molecule has 0 amide bonds. The van der Waals surface area contributed by atoms with E-state index < -0.39 is 11.7 Å². The number of alkyl halides is 3. The van der Waals surface area contributed by atoms with Crippen LogP contribution in [0, 0.1) is 0 Å². The Labute approximate surface area is 88.7 Å². The van der Waals surface area contributed by atoms with E-state index in [4.69, 9.17) is 5.73 Å². The third-order valence-electron chi connectivity index (χ3n) is 2.12. The van der Waals surface area contributed by atoms with Gasteiger partial charge in [0.2, 0.25) is 0 Å². The van der Waals surface area contributed by atoms with Crippen molar-refractivity contribution < 1.29 is 17.7 Å². The van der Waals surface area contributed by atoms with Crippen LogP contribution in [-0.4, -0.2) is 5.16 Å². The molecule has 0 spiro atoms. The zero-order chi connectivity index (χ0) is 11.8. The van der Waals surface area contributed by atoms with Crippen molar-refractivity contribution in [3.8, 4) is 11.1 Å². The number of halogens is 3. The monoisotopic (exact) mass is 228 g/mol. The van der Waals surface area contributed by atoms with Gasteiger partial charge in [-0.25, -0.2) is 0 Å². The van der Waals surface area contributed by atoms with Crippen molar-refractivity contribution in [1.29, 1.82) is 0 Å². The smallest absolute Gasteiger partial charge is 0.380 e. The fourth-order valence-corrected chi connectivity index (χ4v) is 1.30. The lowest BCUT2D eigenvalue weighted by molar-refractivity contribution is -0.137. The second kappa shape index (κ2) is 3.55. The standard InChI is InChI=1S/C10H7F3N2O/c11-10(12,13)7-3-1-6(2-4-7)8-5-16-15-9(8)14/h1-5H,(H2,14,15). The van der Waals surface area contributed by atoms with Crippen molar-refractivity contribution in [3.63, 3.8) is 0 Å². The predicted octanol–water partition coefficient (Wildman–Crippen LogP) is 2.94. The zero-order valence-electron chi connectivity index (χ0n) is 7.95. The summed E-state index contributed by atoms with van der Waals surface area (Å²) >= 11 is 0. The van der Waals surface area contributed by atoms with E-state index in [1.54, 1.807) is 0 Å². The molecule has 3 nitrogen and oxygen atoms in total. The van der Waals surface area contributed by atoms with Crippen molar-refractivity contribution in [2.75, 3.05) is 5.73 Å². The number of nitrogen functional groups attached to an aromatic ring is 1. The Hall–Kier alpha value is -1.98. The second-order valence-electron chi connectivity index (χ2n) is 3.19. The van der Waals surface area contributed by atoms with Crippen LogP contribution >= 0.6 is 0 Å². The molecule has 84 valence electrons. The van der Waals surface area contributed by atoms with Crippen LogP contribution in [0.1, 0.15) is 5.56 Å². The Kier molecular flexibility index (Phi) is 2.34. The van der Waals surface area contributed by atoms with Crippen LogP contribution in [0.5, 0.6) is 0 Å². The van der Waals surface area contributed by atoms with Gasteiger partial charge in [0.05, 0.1) is 11.1 Å². The van der Waals surface area contributed by atoms with E-state index in [-0.39, 0.29) is 5.82 Å². The van der Waals surface area contributed by atoms with Crippen LogP contribution in [0.4, 0.5) is 19.0 Å². The van der Waals surface area contributed by atoms with Crippen molar-refractivity contribution in [2.45, 2.75) is 6.18 Å². The van der Waals surface area contributed by atoms with E-state index in [1.807, 2.05) is 0 Å². The van der Waals surface area contributed by atoms with Gasteiger partial charge in [0.25, 0.3) is 0 Å². The second-order valence-corrected chi connectivity index (χ2v) is 3.19. The summed E-state index contributed by atoms with van der Waals surface area (Å²) < 4.78 is 41.5. The number of nitrogens with two attached hydrogens (primary N) is 1. The maximum atomic E-state index is 12.3. The van der Waals surface area contributed by atoms with Gasteiger partial charge in [0.1, 0.15) is 6.26 Å². The maximum Gasteiger partial charge on any atom is 0.416 e. The molecule has 0 saturated heterocycles. The lowest BCUT2D eigenvalue weighted by atomic mass is 10.1. The highest BCUT2D eigenvalue weighted by molar-refractivity contribution is 5.72. The van der Waals surface area contributed by atoms with E-state index >= 15 is 0 Å². The first kappa shape index (κ1) is 10.5. The summed E-state index contributed by atoms with van der Waals surface area (Å²) in [6, 6.07) is 4.63. The lowest BCUT2D eigenvalue weighted by Gasteiger charge is -2.06. The van der Waals surface area contributed by atoms with Crippen LogP contribution in [0.3, 0.4) is 0 Å². The molecule has 0 aliphatic rings. The van der Waals surface area contributed by atoms with E-state index in [0.29, 0.717) is 11.1 Å². The summed E-state index contributed by atoms with van der Waals surface area (Å²) in [4.78, 5) is 0. The van der Waals surface area contributed by atoms with Crippen LogP contribution in [-0.2, 0) is 6.18 Å². The molecule has 1 aromatic carbocycles. The molecule has 1 heterocycles. The minimum absolute atomic E-state index is 0.153. The van der Waals surface area contributed by atoms with Gasteiger partial charge < -0.3 is 10.3 Å². The summed E-state index contributed by atoms with van der Waals surface area (Å²) in [5.41, 5.74) is 5.78. The minimum atomic E-state index is -4.33. The number of anilines is 1. The summed E-state index contributed by atoms with van der Waals surface area (Å²) in [7, 11) is 0. The van der Waals surface area contributed by atoms with Gasteiger partial charge in [-0.3, -0.25) is 0 Å². The fraction of sp³-hybridized carbons (Fsp3) is 0.100. The molecule has 2 N–H and O–H groups in total. The first-order valence-electron chi connectivity index (χ1n) is 4.36. The number of benzene rings is 1. The van der Waals surface area contributed by atoms with Crippen LogP contribution in [0.15, 0.2) is 35.1 Å². The van der Waals surface area contributed by atoms with E-state index in [9.17, 15) is 13.2 Å². The minimum Gasteiger partial charge on any atom is -0.380 e. The van der Waals surface area contributed by atoms with Crippen LogP contribution in [0.25, 0.3) is 11.1 Å². The molecule has 0 fully saturated rings. The van der Waals surface area contributed by atoms with E-state index in [2.05, 4.69) is 9.68 Å². The summed E-state index contributed by atoms with van der Waals surface area (Å²) in [6.45, 7) is 0. The molecule has 1 aromatic heterocycles. The third kappa shape index (κ3) is 1.86. The lowest BCUT2D eigenvalue weighted by Crippen LogP contribution is -2.04. The highest BCUT2D eigenvalue weighted by Gasteiger charge is 2.30.